The van der Waals surface area contributed by atoms with Gasteiger partial charge < -0.3 is 5.11 Å². The summed E-state index contributed by atoms with van der Waals surface area (Å²) in [6.07, 6.45) is 0.691. The van der Waals surface area contributed by atoms with Crippen LogP contribution in [0.3, 0.4) is 0 Å². The lowest BCUT2D eigenvalue weighted by atomic mass is 10.1. The van der Waals surface area contributed by atoms with Crippen LogP contribution in [0.5, 0.6) is 0 Å². The monoisotopic (exact) mass is 168 g/mol. The highest BCUT2D eigenvalue weighted by atomic mass is 16.3. The molecule has 1 N–H and O–H groups in total. The molecule has 0 atom stereocenters. The predicted molar refractivity (Wildman–Crippen MR) is 48.1 cm³/mol. The molecule has 0 aromatic carbocycles. The van der Waals surface area contributed by atoms with Gasteiger partial charge in [-0.3, -0.25) is 4.68 Å². The van der Waals surface area contributed by atoms with E-state index in [2.05, 4.69) is 25.0 Å². The van der Waals surface area contributed by atoms with Crippen LogP contribution in [-0.2, 0) is 13.5 Å². The van der Waals surface area contributed by atoms with Crippen molar-refractivity contribution in [3.63, 3.8) is 0 Å². The quantitative estimate of drug-likeness (QED) is 0.733. The lowest BCUT2D eigenvalue weighted by Crippen LogP contribution is -2.00. The molecule has 0 amide bonds. The van der Waals surface area contributed by atoms with Gasteiger partial charge in [-0.15, -0.1) is 0 Å². The second kappa shape index (κ2) is 3.72. The first-order chi connectivity index (χ1) is 5.65. The van der Waals surface area contributed by atoms with Gasteiger partial charge >= 0.3 is 0 Å². The fourth-order valence-electron chi connectivity index (χ4n) is 1.16. The van der Waals surface area contributed by atoms with Crippen LogP contribution in [0, 0.1) is 0 Å². The number of rotatable bonds is 3. The summed E-state index contributed by atoms with van der Waals surface area (Å²) >= 11 is 0. The number of aliphatic hydroxyl groups is 1. The summed E-state index contributed by atoms with van der Waals surface area (Å²) < 4.78 is 1.84. The van der Waals surface area contributed by atoms with Gasteiger partial charge in [0.05, 0.1) is 5.69 Å². The van der Waals surface area contributed by atoms with Gasteiger partial charge in [0.25, 0.3) is 0 Å². The van der Waals surface area contributed by atoms with Gasteiger partial charge in [0.1, 0.15) is 0 Å². The average Bonchev–Trinajstić information content (AvgIpc) is 2.34. The third kappa shape index (κ3) is 1.85. The van der Waals surface area contributed by atoms with Crippen LogP contribution in [0.2, 0.25) is 0 Å². The smallest absolute Gasteiger partial charge is 0.0652 e. The largest absolute Gasteiger partial charge is 0.396 e. The van der Waals surface area contributed by atoms with E-state index in [0.717, 1.165) is 11.4 Å². The number of aromatic nitrogens is 2. The molecule has 3 nitrogen and oxygen atoms in total. The van der Waals surface area contributed by atoms with Crippen molar-refractivity contribution in [3.8, 4) is 0 Å². The Balaban J connectivity index is 2.85. The van der Waals surface area contributed by atoms with E-state index >= 15 is 0 Å². The molecule has 0 saturated heterocycles. The van der Waals surface area contributed by atoms with Crippen molar-refractivity contribution in [2.45, 2.75) is 26.2 Å². The first kappa shape index (κ1) is 9.26. The van der Waals surface area contributed by atoms with Crippen LogP contribution in [0.4, 0.5) is 0 Å². The van der Waals surface area contributed by atoms with E-state index in [1.54, 1.807) is 0 Å². The zero-order valence-electron chi connectivity index (χ0n) is 7.91. The highest BCUT2D eigenvalue weighted by Crippen LogP contribution is 2.13. The molecule has 3 heteroatoms. The van der Waals surface area contributed by atoms with Gasteiger partial charge in [-0.05, 0) is 12.0 Å². The number of hydrogen-bond donors (Lipinski definition) is 1. The molecule has 0 radical (unpaired) electrons. The topological polar surface area (TPSA) is 38.0 Å². The maximum atomic E-state index is 8.75. The standard InChI is InChI=1S/C9H16N2O/c1-7(2)9-6-8(4-5-12)11(3)10-9/h6-7,12H,4-5H2,1-3H3. The summed E-state index contributed by atoms with van der Waals surface area (Å²) in [6, 6.07) is 2.06. The molecule has 0 unspecified atom stereocenters. The Bertz CT molecular complexity index is 253. The van der Waals surface area contributed by atoms with Gasteiger partial charge in [-0.25, -0.2) is 0 Å². The van der Waals surface area contributed by atoms with E-state index in [4.69, 9.17) is 5.11 Å². The summed E-state index contributed by atoms with van der Waals surface area (Å²) in [7, 11) is 1.91. The van der Waals surface area contributed by atoms with Crippen molar-refractivity contribution in [2.75, 3.05) is 6.61 Å². The molecular formula is C9H16N2O. The number of nitrogens with zero attached hydrogens (tertiary/aromatic N) is 2. The Morgan fingerprint density at radius 2 is 2.25 bits per heavy atom. The van der Waals surface area contributed by atoms with E-state index < -0.39 is 0 Å². The van der Waals surface area contributed by atoms with Crippen LogP contribution in [0.1, 0.15) is 31.2 Å². The molecule has 0 aliphatic rings. The molecule has 0 fully saturated rings. The molecule has 0 saturated carbocycles. The Labute approximate surface area is 73.0 Å². The van der Waals surface area contributed by atoms with E-state index in [0.29, 0.717) is 12.3 Å². The SMILES string of the molecule is CC(C)c1cc(CCO)n(C)n1. The average molecular weight is 168 g/mol. The molecule has 0 spiro atoms. The highest BCUT2D eigenvalue weighted by molar-refractivity contribution is 5.13. The zero-order chi connectivity index (χ0) is 9.14. The minimum absolute atomic E-state index is 0.192. The highest BCUT2D eigenvalue weighted by Gasteiger charge is 2.06. The first-order valence-corrected chi connectivity index (χ1v) is 4.28. The Kier molecular flexibility index (Phi) is 2.87. The van der Waals surface area contributed by atoms with Crippen LogP contribution in [0.15, 0.2) is 6.07 Å². The number of hydrogen-bond acceptors (Lipinski definition) is 2. The van der Waals surface area contributed by atoms with Crippen LogP contribution < -0.4 is 0 Å². The summed E-state index contributed by atoms with van der Waals surface area (Å²) in [5, 5.41) is 13.1. The number of aliphatic hydroxyl groups excluding tert-OH is 1. The van der Waals surface area contributed by atoms with Gasteiger partial charge in [0.15, 0.2) is 0 Å². The number of aryl methyl sites for hydroxylation is 1. The lowest BCUT2D eigenvalue weighted by molar-refractivity contribution is 0.296. The normalized spacial score (nSPS) is 11.1. The first-order valence-electron chi connectivity index (χ1n) is 4.28. The summed E-state index contributed by atoms with van der Waals surface area (Å²) in [4.78, 5) is 0. The summed E-state index contributed by atoms with van der Waals surface area (Å²) in [5.41, 5.74) is 2.20. The van der Waals surface area contributed by atoms with Crippen molar-refractivity contribution in [1.29, 1.82) is 0 Å². The molecule has 12 heavy (non-hydrogen) atoms. The van der Waals surface area contributed by atoms with E-state index in [-0.39, 0.29) is 6.61 Å². The molecule has 0 aliphatic carbocycles. The van der Waals surface area contributed by atoms with Crippen LogP contribution >= 0.6 is 0 Å². The maximum absolute atomic E-state index is 8.75. The molecule has 0 aliphatic heterocycles. The Morgan fingerprint density at radius 1 is 1.58 bits per heavy atom. The van der Waals surface area contributed by atoms with Gasteiger partial charge in [0.2, 0.25) is 0 Å². The molecule has 1 aromatic heterocycles. The summed E-state index contributed by atoms with van der Waals surface area (Å²) in [6.45, 7) is 4.42. The van der Waals surface area contributed by atoms with E-state index in [1.807, 2.05) is 11.7 Å². The molecule has 1 rings (SSSR count). The van der Waals surface area contributed by atoms with Crippen molar-refractivity contribution in [1.82, 2.24) is 9.78 Å². The van der Waals surface area contributed by atoms with E-state index in [9.17, 15) is 0 Å². The second-order valence-electron chi connectivity index (χ2n) is 3.31. The molecule has 1 aromatic rings. The third-order valence-corrected chi connectivity index (χ3v) is 1.96. The molecule has 68 valence electrons. The lowest BCUT2D eigenvalue weighted by Gasteiger charge is -1.96. The van der Waals surface area contributed by atoms with Crippen molar-refractivity contribution in [3.05, 3.63) is 17.5 Å². The Hall–Kier alpha value is -0.830. The van der Waals surface area contributed by atoms with E-state index in [1.165, 1.54) is 0 Å². The molecule has 0 bridgehead atoms. The molecular weight excluding hydrogens is 152 g/mol. The van der Waals surface area contributed by atoms with Crippen LogP contribution in [0.25, 0.3) is 0 Å². The van der Waals surface area contributed by atoms with Crippen LogP contribution in [-0.4, -0.2) is 21.5 Å². The van der Waals surface area contributed by atoms with Gasteiger partial charge in [-0.1, -0.05) is 13.8 Å². The van der Waals surface area contributed by atoms with Crippen molar-refractivity contribution >= 4 is 0 Å². The van der Waals surface area contributed by atoms with Crippen molar-refractivity contribution < 1.29 is 5.11 Å². The minimum atomic E-state index is 0.192. The second-order valence-corrected chi connectivity index (χ2v) is 3.31. The maximum Gasteiger partial charge on any atom is 0.0652 e. The fraction of sp³-hybridized carbons (Fsp3) is 0.667. The third-order valence-electron chi connectivity index (χ3n) is 1.96. The van der Waals surface area contributed by atoms with Crippen molar-refractivity contribution in [2.24, 2.45) is 7.05 Å². The molecule has 1 heterocycles. The van der Waals surface area contributed by atoms with Gasteiger partial charge in [0, 0.05) is 25.8 Å². The fourth-order valence-corrected chi connectivity index (χ4v) is 1.16. The summed E-state index contributed by atoms with van der Waals surface area (Å²) in [5.74, 6) is 0.462. The van der Waals surface area contributed by atoms with Gasteiger partial charge in [-0.2, -0.15) is 5.10 Å². The predicted octanol–water partition coefficient (Wildman–Crippen LogP) is 1.08. The minimum Gasteiger partial charge on any atom is -0.396 e. The Morgan fingerprint density at radius 3 is 2.67 bits per heavy atom. The zero-order valence-corrected chi connectivity index (χ0v) is 7.91.